The normalized spacial score (nSPS) is 12.1. The molecule has 0 aliphatic heterocycles. The van der Waals surface area contributed by atoms with Crippen molar-refractivity contribution >= 4 is 23.1 Å². The molecule has 1 aliphatic carbocycles. The molecule has 0 unspecified atom stereocenters. The molecule has 2 heteroatoms. The summed E-state index contributed by atoms with van der Waals surface area (Å²) in [5.41, 5.74) is 6.91. The number of hydrogen-bond donors (Lipinski definition) is 0. The Bertz CT molecular complexity index is 563. The minimum Gasteiger partial charge on any atom is -0.189 e. The zero-order valence-electron chi connectivity index (χ0n) is 9.91. The van der Waals surface area contributed by atoms with Gasteiger partial charge in [0.25, 0.3) is 6.13 Å². The van der Waals surface area contributed by atoms with Crippen LogP contribution in [0.1, 0.15) is 18.1 Å². The van der Waals surface area contributed by atoms with Crippen molar-refractivity contribution in [3.8, 4) is 11.1 Å². The van der Waals surface area contributed by atoms with Crippen LogP contribution in [0.4, 0.5) is 0 Å². The van der Waals surface area contributed by atoms with E-state index in [4.69, 9.17) is 11.5 Å². The molecule has 0 aromatic heterocycles. The molecule has 0 amide bonds. The van der Waals surface area contributed by atoms with Crippen LogP contribution in [0.2, 0.25) is 6.32 Å². The van der Waals surface area contributed by atoms with Gasteiger partial charge >= 0.3 is 0 Å². The van der Waals surface area contributed by atoms with Crippen LogP contribution < -0.4 is 5.46 Å². The Labute approximate surface area is 108 Å². The first-order valence-corrected chi connectivity index (χ1v) is 6.59. The monoisotopic (exact) mass is 240 g/mol. The fourth-order valence-corrected chi connectivity index (χ4v) is 2.90. The molecule has 0 heterocycles. The van der Waals surface area contributed by atoms with E-state index >= 15 is 0 Å². The zero-order valence-corrected chi connectivity index (χ0v) is 10.7. The Kier molecular flexibility index (Phi) is 2.72. The molecule has 2 aromatic carbocycles. The second kappa shape index (κ2) is 4.23. The van der Waals surface area contributed by atoms with Crippen molar-refractivity contribution in [3.63, 3.8) is 0 Å². The molecule has 17 heavy (non-hydrogen) atoms. The average Bonchev–Trinajstić information content (AvgIpc) is 2.76. The molecule has 0 nitrogen and oxygen atoms in total. The van der Waals surface area contributed by atoms with Crippen molar-refractivity contribution in [3.05, 3.63) is 53.6 Å². The summed E-state index contributed by atoms with van der Waals surface area (Å²) in [4.78, 5) is 0. The van der Waals surface area contributed by atoms with Gasteiger partial charge in [-0.05, 0) is 28.7 Å². The molecule has 0 spiro atoms. The van der Waals surface area contributed by atoms with E-state index in [-0.39, 0.29) is 6.13 Å². The van der Waals surface area contributed by atoms with Crippen molar-refractivity contribution in [1.29, 1.82) is 0 Å². The van der Waals surface area contributed by atoms with Gasteiger partial charge in [0.05, 0.1) is 0 Å². The number of benzene rings is 2. The summed E-state index contributed by atoms with van der Waals surface area (Å²) in [5, 5.41) is 0. The standard InChI is InChI=1S/C15H14BCl/c1-2-16(17)15-9-5-8-13-12-7-4-3-6-11(12)10-14(13)15/h3-9H,2,10H2,1H3. The van der Waals surface area contributed by atoms with E-state index in [0.29, 0.717) is 0 Å². The van der Waals surface area contributed by atoms with E-state index in [0.717, 1.165) is 12.7 Å². The van der Waals surface area contributed by atoms with Crippen LogP contribution >= 0.6 is 11.5 Å². The Hall–Kier alpha value is -1.21. The lowest BCUT2D eigenvalue weighted by atomic mass is 9.63. The fourth-order valence-electron chi connectivity index (χ4n) is 2.70. The second-order valence-electron chi connectivity index (χ2n) is 4.58. The van der Waals surface area contributed by atoms with Crippen molar-refractivity contribution in [2.24, 2.45) is 0 Å². The van der Waals surface area contributed by atoms with Gasteiger partial charge in [-0.15, -0.1) is 0 Å². The van der Waals surface area contributed by atoms with Gasteiger partial charge in [-0.3, -0.25) is 0 Å². The lowest BCUT2D eigenvalue weighted by Gasteiger charge is -2.10. The predicted octanol–water partition coefficient (Wildman–Crippen LogP) is 3.72. The summed E-state index contributed by atoms with van der Waals surface area (Å²) in [6.07, 6.45) is 2.15. The van der Waals surface area contributed by atoms with Gasteiger partial charge in [-0.2, -0.15) is 11.5 Å². The lowest BCUT2D eigenvalue weighted by Crippen LogP contribution is -2.26. The summed E-state index contributed by atoms with van der Waals surface area (Å²) in [6.45, 7) is 2.14. The highest BCUT2D eigenvalue weighted by Crippen LogP contribution is 2.35. The average molecular weight is 241 g/mol. The Morgan fingerprint density at radius 2 is 1.82 bits per heavy atom. The Morgan fingerprint density at radius 3 is 2.65 bits per heavy atom. The van der Waals surface area contributed by atoms with Crippen LogP contribution in [0.3, 0.4) is 0 Å². The summed E-state index contributed by atoms with van der Waals surface area (Å²) < 4.78 is 0. The molecule has 0 radical (unpaired) electrons. The maximum Gasteiger partial charge on any atom is 0.283 e. The molecular weight excluding hydrogens is 226 g/mol. The molecule has 0 atom stereocenters. The molecule has 0 bridgehead atoms. The number of halogens is 1. The smallest absolute Gasteiger partial charge is 0.189 e. The third-order valence-corrected chi connectivity index (χ3v) is 4.13. The topological polar surface area (TPSA) is 0 Å². The predicted molar refractivity (Wildman–Crippen MR) is 76.4 cm³/mol. The minimum absolute atomic E-state index is 0.138. The van der Waals surface area contributed by atoms with Gasteiger partial charge in [-0.1, -0.05) is 61.2 Å². The maximum absolute atomic E-state index is 6.42. The Balaban J connectivity index is 2.17. The highest BCUT2D eigenvalue weighted by atomic mass is 35.5. The van der Waals surface area contributed by atoms with Crippen molar-refractivity contribution in [2.45, 2.75) is 19.7 Å². The van der Waals surface area contributed by atoms with Gasteiger partial charge in [0.15, 0.2) is 0 Å². The summed E-state index contributed by atoms with van der Waals surface area (Å²) in [6, 6.07) is 15.2. The van der Waals surface area contributed by atoms with Crippen molar-refractivity contribution < 1.29 is 0 Å². The molecule has 0 saturated carbocycles. The van der Waals surface area contributed by atoms with E-state index in [2.05, 4.69) is 49.4 Å². The van der Waals surface area contributed by atoms with Gasteiger partial charge in [0.2, 0.25) is 0 Å². The first kappa shape index (κ1) is 10.9. The first-order valence-electron chi connectivity index (χ1n) is 6.15. The van der Waals surface area contributed by atoms with E-state index < -0.39 is 0 Å². The number of rotatable bonds is 2. The SMILES string of the molecule is CCB(Cl)c1cccc2c1Cc1ccccc1-2. The number of hydrogen-bond acceptors (Lipinski definition) is 0. The quantitative estimate of drug-likeness (QED) is 0.599. The van der Waals surface area contributed by atoms with Crippen LogP contribution in [-0.2, 0) is 6.42 Å². The second-order valence-corrected chi connectivity index (χ2v) is 5.11. The highest BCUT2D eigenvalue weighted by molar-refractivity contribution is 7.14. The lowest BCUT2D eigenvalue weighted by molar-refractivity contribution is 1.27. The molecular formula is C15H14BCl. The largest absolute Gasteiger partial charge is 0.283 e. The van der Waals surface area contributed by atoms with Gasteiger partial charge in [-0.25, -0.2) is 0 Å². The maximum atomic E-state index is 6.42. The summed E-state index contributed by atoms with van der Waals surface area (Å²) in [7, 11) is 0. The van der Waals surface area contributed by atoms with Gasteiger partial charge < -0.3 is 0 Å². The van der Waals surface area contributed by atoms with Gasteiger partial charge in [0.1, 0.15) is 0 Å². The van der Waals surface area contributed by atoms with E-state index in [1.165, 1.54) is 27.7 Å². The molecule has 84 valence electrons. The fraction of sp³-hybridized carbons (Fsp3) is 0.200. The Morgan fingerprint density at radius 1 is 1.06 bits per heavy atom. The molecule has 0 N–H and O–H groups in total. The van der Waals surface area contributed by atoms with E-state index in [9.17, 15) is 0 Å². The summed E-state index contributed by atoms with van der Waals surface area (Å²) >= 11 is 6.42. The van der Waals surface area contributed by atoms with Crippen molar-refractivity contribution in [1.82, 2.24) is 0 Å². The molecule has 0 saturated heterocycles. The zero-order chi connectivity index (χ0) is 11.8. The van der Waals surface area contributed by atoms with Crippen molar-refractivity contribution in [2.75, 3.05) is 0 Å². The van der Waals surface area contributed by atoms with Gasteiger partial charge in [0, 0.05) is 0 Å². The molecule has 2 aromatic rings. The minimum atomic E-state index is 0.138. The number of fused-ring (bicyclic) bond motifs is 3. The van der Waals surface area contributed by atoms with Crippen LogP contribution in [0.25, 0.3) is 11.1 Å². The van der Waals surface area contributed by atoms with Crippen LogP contribution in [0.15, 0.2) is 42.5 Å². The third kappa shape index (κ3) is 1.70. The highest BCUT2D eigenvalue weighted by Gasteiger charge is 2.23. The van der Waals surface area contributed by atoms with Crippen LogP contribution in [0.5, 0.6) is 0 Å². The van der Waals surface area contributed by atoms with E-state index in [1.807, 2.05) is 0 Å². The molecule has 3 rings (SSSR count). The van der Waals surface area contributed by atoms with E-state index in [1.54, 1.807) is 0 Å². The third-order valence-electron chi connectivity index (χ3n) is 3.58. The van der Waals surface area contributed by atoms with Crippen LogP contribution in [-0.4, -0.2) is 6.13 Å². The first-order chi connectivity index (χ1) is 8.31. The molecule has 0 fully saturated rings. The molecule has 1 aliphatic rings. The summed E-state index contributed by atoms with van der Waals surface area (Å²) in [5.74, 6) is 0. The van der Waals surface area contributed by atoms with Crippen LogP contribution in [0, 0.1) is 0 Å².